The van der Waals surface area contributed by atoms with E-state index in [0.717, 1.165) is 24.2 Å². The molecule has 118 valence electrons. The highest BCUT2D eigenvalue weighted by Gasteiger charge is 2.18. The Bertz CT molecular complexity index is 799. The number of fused-ring (bicyclic) bond motifs is 2. The van der Waals surface area contributed by atoms with Gasteiger partial charge in [-0.1, -0.05) is 30.3 Å². The van der Waals surface area contributed by atoms with Crippen molar-refractivity contribution in [2.75, 3.05) is 20.6 Å². The van der Waals surface area contributed by atoms with Gasteiger partial charge in [0.1, 0.15) is 0 Å². The summed E-state index contributed by atoms with van der Waals surface area (Å²) in [4.78, 5) is 13.7. The number of hydrogen-bond donors (Lipinski definition) is 0. The van der Waals surface area contributed by atoms with Crippen molar-refractivity contribution in [3.63, 3.8) is 0 Å². The lowest BCUT2D eigenvalue weighted by Gasteiger charge is -2.12. The van der Waals surface area contributed by atoms with Gasteiger partial charge in [0, 0.05) is 24.5 Å². The first-order valence-corrected chi connectivity index (χ1v) is 7.98. The van der Waals surface area contributed by atoms with Crippen LogP contribution in [0.5, 0.6) is 0 Å². The average Bonchev–Trinajstić information content (AvgIpc) is 2.88. The van der Waals surface area contributed by atoms with Gasteiger partial charge in [0.2, 0.25) is 0 Å². The summed E-state index contributed by atoms with van der Waals surface area (Å²) in [6.45, 7) is 0.973. The lowest BCUT2D eigenvalue weighted by molar-refractivity contribution is 0.108. The van der Waals surface area contributed by atoms with Crippen molar-refractivity contribution in [2.45, 2.75) is 6.42 Å². The third-order valence-corrected chi connectivity index (χ3v) is 4.16. The molecule has 1 aliphatic rings. The molecule has 0 amide bonds. The van der Waals surface area contributed by atoms with Crippen LogP contribution in [0.1, 0.15) is 33.6 Å². The minimum absolute atomic E-state index is 0.431. The third-order valence-electron chi connectivity index (χ3n) is 3.94. The van der Waals surface area contributed by atoms with Crippen molar-refractivity contribution in [2.24, 2.45) is 0 Å². The standard InChI is InChI=1S/C19H19ClN2O/c1-21(2)10-5-8-17-16-7-4-3-6-14(16)9-11-22-13-15(19(20)23)12-18(17)22/h3-4,6-9,11-13H,5,10H2,1-2H3. The molecule has 0 unspecified atom stereocenters. The van der Waals surface area contributed by atoms with Crippen LogP contribution in [0.3, 0.4) is 0 Å². The van der Waals surface area contributed by atoms with Crippen LogP contribution in [0.15, 0.2) is 42.6 Å². The van der Waals surface area contributed by atoms with Crippen molar-refractivity contribution in [1.29, 1.82) is 0 Å². The van der Waals surface area contributed by atoms with Crippen molar-refractivity contribution in [3.8, 4) is 0 Å². The summed E-state index contributed by atoms with van der Waals surface area (Å²) < 4.78 is 1.97. The van der Waals surface area contributed by atoms with Crippen LogP contribution in [0, 0.1) is 0 Å². The summed E-state index contributed by atoms with van der Waals surface area (Å²) in [5.41, 5.74) is 4.99. The molecule has 3 rings (SSSR count). The van der Waals surface area contributed by atoms with Gasteiger partial charge in [0.15, 0.2) is 0 Å². The molecule has 2 heterocycles. The predicted octanol–water partition coefficient (Wildman–Crippen LogP) is 4.19. The number of aromatic nitrogens is 1. The molecule has 1 aromatic heterocycles. The average molecular weight is 327 g/mol. The molecule has 3 nitrogen and oxygen atoms in total. The molecule has 1 aliphatic heterocycles. The monoisotopic (exact) mass is 326 g/mol. The Labute approximate surface area is 141 Å². The van der Waals surface area contributed by atoms with Gasteiger partial charge >= 0.3 is 0 Å². The Balaban J connectivity index is 2.11. The Kier molecular flexibility index (Phi) is 4.51. The Morgan fingerprint density at radius 2 is 2.09 bits per heavy atom. The highest BCUT2D eigenvalue weighted by molar-refractivity contribution is 6.67. The van der Waals surface area contributed by atoms with Crippen molar-refractivity contribution in [3.05, 3.63) is 65.0 Å². The van der Waals surface area contributed by atoms with Crippen LogP contribution in [0.4, 0.5) is 0 Å². The van der Waals surface area contributed by atoms with Crippen LogP contribution in [-0.2, 0) is 0 Å². The Hall–Kier alpha value is -2.10. The van der Waals surface area contributed by atoms with Gasteiger partial charge in [-0.2, -0.15) is 0 Å². The number of carbonyl (C=O) groups excluding carboxylic acids is 1. The summed E-state index contributed by atoms with van der Waals surface area (Å²) >= 11 is 5.66. The first-order valence-electron chi connectivity index (χ1n) is 7.61. The van der Waals surface area contributed by atoms with Gasteiger partial charge in [0.25, 0.3) is 5.24 Å². The fraction of sp³-hybridized carbons (Fsp3) is 0.211. The zero-order valence-corrected chi connectivity index (χ0v) is 14.0. The van der Waals surface area contributed by atoms with E-state index in [0.29, 0.717) is 5.56 Å². The summed E-state index contributed by atoms with van der Waals surface area (Å²) in [5, 5.41) is -0.431. The number of carbonyl (C=O) groups is 1. The fourth-order valence-electron chi connectivity index (χ4n) is 2.79. The predicted molar refractivity (Wildman–Crippen MR) is 96.5 cm³/mol. The molecule has 0 saturated heterocycles. The molecule has 0 bridgehead atoms. The van der Waals surface area contributed by atoms with E-state index in [9.17, 15) is 4.79 Å². The molecule has 0 saturated carbocycles. The van der Waals surface area contributed by atoms with E-state index in [1.165, 1.54) is 11.1 Å². The first kappa shape index (κ1) is 15.8. The number of halogens is 1. The molecule has 0 N–H and O–H groups in total. The molecule has 4 heteroatoms. The van der Waals surface area contributed by atoms with E-state index in [2.05, 4.69) is 43.3 Å². The molecule has 0 atom stereocenters. The van der Waals surface area contributed by atoms with Gasteiger partial charge < -0.3 is 9.47 Å². The van der Waals surface area contributed by atoms with E-state index in [4.69, 9.17) is 11.6 Å². The third kappa shape index (κ3) is 3.31. The maximum absolute atomic E-state index is 11.5. The van der Waals surface area contributed by atoms with Crippen LogP contribution < -0.4 is 0 Å². The molecular weight excluding hydrogens is 308 g/mol. The van der Waals surface area contributed by atoms with Gasteiger partial charge in [-0.05, 0) is 55.4 Å². The molecule has 0 spiro atoms. The second kappa shape index (κ2) is 6.57. The highest BCUT2D eigenvalue weighted by Crippen LogP contribution is 2.32. The molecule has 0 fully saturated rings. The second-order valence-corrected chi connectivity index (χ2v) is 6.25. The number of nitrogens with zero attached hydrogens (tertiary/aromatic N) is 2. The quantitative estimate of drug-likeness (QED) is 0.672. The number of rotatable bonds is 4. The van der Waals surface area contributed by atoms with E-state index >= 15 is 0 Å². The van der Waals surface area contributed by atoms with Crippen molar-refractivity contribution in [1.82, 2.24) is 9.47 Å². The maximum Gasteiger partial charge on any atom is 0.253 e. The Morgan fingerprint density at radius 1 is 1.30 bits per heavy atom. The maximum atomic E-state index is 11.5. The molecular formula is C19H19ClN2O. The molecule has 0 aliphatic carbocycles. The SMILES string of the molecule is CN(C)CCC=C1c2ccccc2C=Cn2cc(C(=O)Cl)cc21. The number of hydrogen-bond acceptors (Lipinski definition) is 2. The normalized spacial score (nSPS) is 14.7. The van der Waals surface area contributed by atoms with Crippen molar-refractivity contribution < 1.29 is 4.79 Å². The smallest absolute Gasteiger partial charge is 0.253 e. The van der Waals surface area contributed by atoms with Gasteiger partial charge in [-0.25, -0.2) is 0 Å². The van der Waals surface area contributed by atoms with Crippen LogP contribution in [0.25, 0.3) is 17.8 Å². The highest BCUT2D eigenvalue weighted by atomic mass is 35.5. The summed E-state index contributed by atoms with van der Waals surface area (Å²) in [5.74, 6) is 0. The lowest BCUT2D eigenvalue weighted by atomic mass is 9.96. The molecule has 23 heavy (non-hydrogen) atoms. The van der Waals surface area contributed by atoms with Gasteiger partial charge in [0.05, 0.1) is 11.3 Å². The topological polar surface area (TPSA) is 25.2 Å². The van der Waals surface area contributed by atoms with Gasteiger partial charge in [-0.3, -0.25) is 4.79 Å². The first-order chi connectivity index (χ1) is 11.1. The van der Waals surface area contributed by atoms with Crippen molar-refractivity contribution >= 4 is 34.7 Å². The van der Waals surface area contributed by atoms with Gasteiger partial charge in [-0.15, -0.1) is 0 Å². The van der Waals surface area contributed by atoms with Crippen LogP contribution in [-0.4, -0.2) is 35.3 Å². The minimum Gasteiger partial charge on any atom is -0.322 e. The van der Waals surface area contributed by atoms with E-state index < -0.39 is 5.24 Å². The van der Waals surface area contributed by atoms with E-state index in [1.54, 1.807) is 6.20 Å². The lowest BCUT2D eigenvalue weighted by Crippen LogP contribution is -2.12. The molecule has 2 aromatic rings. The molecule has 0 radical (unpaired) electrons. The Morgan fingerprint density at radius 3 is 2.83 bits per heavy atom. The minimum atomic E-state index is -0.431. The van der Waals surface area contributed by atoms with Crippen LogP contribution in [0.2, 0.25) is 0 Å². The van der Waals surface area contributed by atoms with E-state index in [1.807, 2.05) is 29.0 Å². The fourth-order valence-corrected chi connectivity index (χ4v) is 2.90. The zero-order chi connectivity index (χ0) is 16.4. The van der Waals surface area contributed by atoms with E-state index in [-0.39, 0.29) is 0 Å². The number of benzene rings is 1. The summed E-state index contributed by atoms with van der Waals surface area (Å²) in [6, 6.07) is 10.2. The second-order valence-electron chi connectivity index (χ2n) is 5.91. The largest absolute Gasteiger partial charge is 0.322 e. The molecule has 1 aromatic carbocycles. The summed E-state index contributed by atoms with van der Waals surface area (Å²) in [6.07, 6.45) is 9.00. The zero-order valence-electron chi connectivity index (χ0n) is 13.3. The van der Waals surface area contributed by atoms with Crippen LogP contribution >= 0.6 is 11.6 Å². The summed E-state index contributed by atoms with van der Waals surface area (Å²) in [7, 11) is 4.13.